The predicted molar refractivity (Wildman–Crippen MR) is 40.2 cm³/mol. The smallest absolute Gasteiger partial charge is 0.175 e. The van der Waals surface area contributed by atoms with Crippen molar-refractivity contribution in [1.82, 2.24) is 0 Å². The standard InChI is InChI=1S/C7H5BrO2/c1-2-6(9)5-3-4-10-7(5)8/h1,3-4,6,9H. The first-order valence-corrected chi connectivity index (χ1v) is 3.42. The Kier molecular flexibility index (Phi) is 2.15. The number of furan rings is 1. The van der Waals surface area contributed by atoms with Gasteiger partial charge in [0, 0.05) is 5.56 Å². The van der Waals surface area contributed by atoms with Gasteiger partial charge in [0.05, 0.1) is 6.26 Å². The quantitative estimate of drug-likeness (QED) is 0.701. The first kappa shape index (κ1) is 7.39. The fraction of sp³-hybridized carbons (Fsp3) is 0.143. The Morgan fingerprint density at radius 2 is 2.50 bits per heavy atom. The van der Waals surface area contributed by atoms with Gasteiger partial charge in [-0.2, -0.15) is 0 Å². The minimum Gasteiger partial charge on any atom is -0.457 e. The van der Waals surface area contributed by atoms with Crippen LogP contribution in [0.25, 0.3) is 0 Å². The summed E-state index contributed by atoms with van der Waals surface area (Å²) in [6.45, 7) is 0. The molecule has 0 spiro atoms. The summed E-state index contributed by atoms with van der Waals surface area (Å²) in [4.78, 5) is 0. The first-order valence-electron chi connectivity index (χ1n) is 2.63. The van der Waals surface area contributed by atoms with Crippen molar-refractivity contribution in [3.05, 3.63) is 22.6 Å². The van der Waals surface area contributed by atoms with Gasteiger partial charge in [0.25, 0.3) is 0 Å². The maximum absolute atomic E-state index is 9.07. The van der Waals surface area contributed by atoms with Crippen LogP contribution in [-0.2, 0) is 0 Å². The zero-order valence-corrected chi connectivity index (χ0v) is 6.63. The van der Waals surface area contributed by atoms with E-state index in [1.807, 2.05) is 0 Å². The van der Waals surface area contributed by atoms with Gasteiger partial charge in [0.2, 0.25) is 0 Å². The van der Waals surface area contributed by atoms with Crippen LogP contribution in [0.5, 0.6) is 0 Å². The fourth-order valence-electron chi connectivity index (χ4n) is 0.589. The molecule has 0 bridgehead atoms. The van der Waals surface area contributed by atoms with Gasteiger partial charge in [0.1, 0.15) is 6.10 Å². The molecule has 0 aliphatic heterocycles. The third-order valence-corrected chi connectivity index (χ3v) is 1.74. The van der Waals surface area contributed by atoms with Crippen molar-refractivity contribution >= 4 is 15.9 Å². The Balaban J connectivity index is 2.96. The van der Waals surface area contributed by atoms with Crippen LogP contribution in [0.15, 0.2) is 21.4 Å². The Morgan fingerprint density at radius 3 is 2.90 bits per heavy atom. The van der Waals surface area contributed by atoms with Gasteiger partial charge < -0.3 is 9.52 Å². The first-order chi connectivity index (χ1) is 4.75. The van der Waals surface area contributed by atoms with Crippen molar-refractivity contribution < 1.29 is 9.52 Å². The number of hydrogen-bond acceptors (Lipinski definition) is 2. The van der Waals surface area contributed by atoms with E-state index in [0.717, 1.165) is 0 Å². The molecular weight excluding hydrogens is 196 g/mol. The number of hydrogen-bond donors (Lipinski definition) is 1. The van der Waals surface area contributed by atoms with Gasteiger partial charge in [-0.15, -0.1) is 6.42 Å². The summed E-state index contributed by atoms with van der Waals surface area (Å²) in [5.74, 6) is 2.17. The normalized spacial score (nSPS) is 12.5. The zero-order chi connectivity index (χ0) is 7.56. The van der Waals surface area contributed by atoms with Crippen LogP contribution in [0.3, 0.4) is 0 Å². The van der Waals surface area contributed by atoms with Crippen LogP contribution in [-0.4, -0.2) is 5.11 Å². The molecule has 1 aromatic heterocycles. The molecule has 52 valence electrons. The third kappa shape index (κ3) is 1.23. The minimum atomic E-state index is -0.881. The fourth-order valence-corrected chi connectivity index (χ4v) is 1.05. The number of aliphatic hydroxyl groups excluding tert-OH is 1. The summed E-state index contributed by atoms with van der Waals surface area (Å²) in [6.07, 6.45) is 5.55. The van der Waals surface area contributed by atoms with Crippen molar-refractivity contribution in [2.24, 2.45) is 0 Å². The monoisotopic (exact) mass is 200 g/mol. The van der Waals surface area contributed by atoms with E-state index in [1.54, 1.807) is 6.07 Å². The Hall–Kier alpha value is -0.720. The maximum atomic E-state index is 9.07. The van der Waals surface area contributed by atoms with Gasteiger partial charge in [-0.3, -0.25) is 0 Å². The van der Waals surface area contributed by atoms with Gasteiger partial charge in [-0.1, -0.05) is 5.92 Å². The van der Waals surface area contributed by atoms with Gasteiger partial charge in [0.15, 0.2) is 4.67 Å². The molecule has 1 aromatic rings. The van der Waals surface area contributed by atoms with Crippen molar-refractivity contribution in [3.63, 3.8) is 0 Å². The van der Waals surface area contributed by atoms with Crippen molar-refractivity contribution in [2.45, 2.75) is 6.10 Å². The Bertz CT molecular complexity index is 259. The highest BCUT2D eigenvalue weighted by Gasteiger charge is 2.09. The summed E-state index contributed by atoms with van der Waals surface area (Å²) in [6, 6.07) is 1.62. The topological polar surface area (TPSA) is 33.4 Å². The molecule has 1 atom stereocenters. The summed E-state index contributed by atoms with van der Waals surface area (Å²) in [7, 11) is 0. The number of aliphatic hydroxyl groups is 1. The average Bonchev–Trinajstić information content (AvgIpc) is 2.34. The summed E-state index contributed by atoms with van der Waals surface area (Å²) in [5.41, 5.74) is 0.586. The van der Waals surface area contributed by atoms with Crippen LogP contribution >= 0.6 is 15.9 Å². The highest BCUT2D eigenvalue weighted by Crippen LogP contribution is 2.23. The lowest BCUT2D eigenvalue weighted by Gasteiger charge is -1.97. The van der Waals surface area contributed by atoms with E-state index in [2.05, 4.69) is 21.9 Å². The van der Waals surface area contributed by atoms with Crippen molar-refractivity contribution in [2.75, 3.05) is 0 Å². The van der Waals surface area contributed by atoms with Gasteiger partial charge >= 0.3 is 0 Å². The Labute approximate surface area is 67.0 Å². The van der Waals surface area contributed by atoms with Crippen molar-refractivity contribution in [1.29, 1.82) is 0 Å². The molecule has 1 heterocycles. The molecule has 0 radical (unpaired) electrons. The summed E-state index contributed by atoms with van der Waals surface area (Å²) < 4.78 is 5.33. The van der Waals surface area contributed by atoms with Crippen LogP contribution < -0.4 is 0 Å². The largest absolute Gasteiger partial charge is 0.457 e. The van der Waals surface area contributed by atoms with E-state index in [4.69, 9.17) is 15.9 Å². The molecule has 0 saturated carbocycles. The van der Waals surface area contributed by atoms with E-state index >= 15 is 0 Å². The zero-order valence-electron chi connectivity index (χ0n) is 5.04. The van der Waals surface area contributed by atoms with Crippen LogP contribution in [0.2, 0.25) is 0 Å². The number of terminal acetylenes is 1. The second-order valence-corrected chi connectivity index (χ2v) is 2.44. The minimum absolute atomic E-state index is 0.484. The molecule has 0 fully saturated rings. The SMILES string of the molecule is C#CC(O)c1ccoc1Br. The Morgan fingerprint density at radius 1 is 1.80 bits per heavy atom. The molecule has 1 unspecified atom stereocenters. The lowest BCUT2D eigenvalue weighted by molar-refractivity contribution is 0.236. The average molecular weight is 201 g/mol. The van der Waals surface area contributed by atoms with Crippen molar-refractivity contribution in [3.8, 4) is 12.3 Å². The van der Waals surface area contributed by atoms with E-state index in [9.17, 15) is 0 Å². The van der Waals surface area contributed by atoms with Crippen LogP contribution in [0.1, 0.15) is 11.7 Å². The van der Waals surface area contributed by atoms with E-state index < -0.39 is 6.10 Å². The van der Waals surface area contributed by atoms with E-state index in [1.165, 1.54) is 6.26 Å². The molecule has 0 amide bonds. The van der Waals surface area contributed by atoms with E-state index in [0.29, 0.717) is 10.2 Å². The van der Waals surface area contributed by atoms with E-state index in [-0.39, 0.29) is 0 Å². The van der Waals surface area contributed by atoms with Crippen LogP contribution in [0.4, 0.5) is 0 Å². The molecule has 1 N–H and O–H groups in total. The third-order valence-electron chi connectivity index (χ3n) is 1.10. The maximum Gasteiger partial charge on any atom is 0.175 e. The highest BCUT2D eigenvalue weighted by molar-refractivity contribution is 9.10. The van der Waals surface area contributed by atoms with Gasteiger partial charge in [-0.25, -0.2) is 0 Å². The number of halogens is 1. The van der Waals surface area contributed by atoms with Gasteiger partial charge in [-0.05, 0) is 22.0 Å². The van der Waals surface area contributed by atoms with Crippen LogP contribution in [0, 0.1) is 12.3 Å². The lowest BCUT2D eigenvalue weighted by Crippen LogP contribution is -1.90. The molecule has 0 aromatic carbocycles. The molecule has 3 heteroatoms. The second-order valence-electron chi connectivity index (χ2n) is 1.72. The summed E-state index contributed by atoms with van der Waals surface area (Å²) >= 11 is 3.09. The molecular formula is C7H5BrO2. The highest BCUT2D eigenvalue weighted by atomic mass is 79.9. The molecule has 0 aliphatic carbocycles. The molecule has 0 saturated heterocycles. The second kappa shape index (κ2) is 2.91. The molecule has 0 aliphatic rings. The molecule has 10 heavy (non-hydrogen) atoms. The lowest BCUT2D eigenvalue weighted by atomic mass is 10.2. The summed E-state index contributed by atoms with van der Waals surface area (Å²) in [5, 5.41) is 9.07. The predicted octanol–water partition coefficient (Wildman–Crippen LogP) is 1.71. The molecule has 2 nitrogen and oxygen atoms in total. The molecule has 1 rings (SSSR count). The number of rotatable bonds is 1.